The number of amides is 1. The molecule has 0 aliphatic heterocycles. The molecule has 4 rings (SSSR count). The first-order valence-electron chi connectivity index (χ1n) is 9.11. The molecule has 150 valence electrons. The number of hydrogen-bond acceptors (Lipinski definition) is 6. The molecule has 2 aromatic carbocycles. The lowest BCUT2D eigenvalue weighted by molar-refractivity contribution is -0.119. The molecule has 1 aliphatic rings. The summed E-state index contributed by atoms with van der Waals surface area (Å²) >= 11 is 5.80. The van der Waals surface area contributed by atoms with E-state index in [4.69, 9.17) is 16.9 Å². The fraction of sp³-hybridized carbons (Fsp3) is 0.143. The summed E-state index contributed by atoms with van der Waals surface area (Å²) < 4.78 is 13.3. The summed E-state index contributed by atoms with van der Waals surface area (Å²) in [6.07, 6.45) is 2.55. The fourth-order valence-corrected chi connectivity index (χ4v) is 2.98. The third kappa shape index (κ3) is 4.31. The van der Waals surface area contributed by atoms with Gasteiger partial charge in [0.2, 0.25) is 5.91 Å². The number of nitriles is 1. The van der Waals surface area contributed by atoms with Crippen LogP contribution in [-0.2, 0) is 4.79 Å². The van der Waals surface area contributed by atoms with E-state index in [2.05, 4.69) is 32.0 Å². The van der Waals surface area contributed by atoms with Crippen molar-refractivity contribution in [2.75, 3.05) is 16.0 Å². The van der Waals surface area contributed by atoms with Gasteiger partial charge in [0.15, 0.2) is 0 Å². The Balaban J connectivity index is 1.45. The van der Waals surface area contributed by atoms with Gasteiger partial charge in [-0.2, -0.15) is 5.26 Å². The Kier molecular flexibility index (Phi) is 5.21. The number of carbonyl (C=O) groups is 1. The van der Waals surface area contributed by atoms with Crippen LogP contribution in [0, 0.1) is 22.6 Å². The fourth-order valence-electron chi connectivity index (χ4n) is 2.80. The Morgan fingerprint density at radius 2 is 1.70 bits per heavy atom. The molecule has 1 fully saturated rings. The Labute approximate surface area is 176 Å². The minimum Gasteiger partial charge on any atom is -0.340 e. The summed E-state index contributed by atoms with van der Waals surface area (Å²) in [4.78, 5) is 20.6. The van der Waals surface area contributed by atoms with E-state index < -0.39 is 11.2 Å². The quantitative estimate of drug-likeness (QED) is 0.516. The lowest BCUT2D eigenvalue weighted by Crippen LogP contribution is -2.22. The number of nitrogens with one attached hydrogen (secondary N) is 3. The SMILES string of the molecule is N#CC1(C(=O)Nc2cccc(Nc3cc(Nc4ccc(F)c(Cl)c4)ncn3)c2)CC1. The van der Waals surface area contributed by atoms with Crippen molar-refractivity contribution in [3.05, 3.63) is 65.7 Å². The van der Waals surface area contributed by atoms with Crippen LogP contribution in [0.25, 0.3) is 0 Å². The van der Waals surface area contributed by atoms with Crippen LogP contribution in [0.2, 0.25) is 5.02 Å². The van der Waals surface area contributed by atoms with Crippen LogP contribution < -0.4 is 16.0 Å². The van der Waals surface area contributed by atoms with E-state index >= 15 is 0 Å². The molecule has 1 aromatic heterocycles. The maximum Gasteiger partial charge on any atom is 0.244 e. The third-order valence-electron chi connectivity index (χ3n) is 4.65. The highest BCUT2D eigenvalue weighted by molar-refractivity contribution is 6.31. The van der Waals surface area contributed by atoms with Gasteiger partial charge >= 0.3 is 0 Å². The first kappa shape index (κ1) is 19.6. The van der Waals surface area contributed by atoms with Crippen LogP contribution in [0.5, 0.6) is 0 Å². The molecule has 9 heteroatoms. The molecule has 0 unspecified atom stereocenters. The second kappa shape index (κ2) is 7.97. The average molecular weight is 423 g/mol. The summed E-state index contributed by atoms with van der Waals surface area (Å²) in [5, 5.41) is 18.1. The second-order valence-corrected chi connectivity index (χ2v) is 7.30. The zero-order valence-electron chi connectivity index (χ0n) is 15.6. The highest BCUT2D eigenvalue weighted by atomic mass is 35.5. The molecular weight excluding hydrogens is 407 g/mol. The van der Waals surface area contributed by atoms with E-state index in [1.54, 1.807) is 30.3 Å². The van der Waals surface area contributed by atoms with Gasteiger partial charge in [-0.05, 0) is 49.2 Å². The van der Waals surface area contributed by atoms with Gasteiger partial charge in [-0.3, -0.25) is 4.79 Å². The molecule has 1 heterocycles. The molecule has 7 nitrogen and oxygen atoms in total. The van der Waals surface area contributed by atoms with Gasteiger partial charge in [-0.25, -0.2) is 14.4 Å². The van der Waals surface area contributed by atoms with Crippen molar-refractivity contribution in [3.8, 4) is 6.07 Å². The Hall–Kier alpha value is -3.70. The molecule has 1 aliphatic carbocycles. The topological polar surface area (TPSA) is 103 Å². The number of halogens is 2. The van der Waals surface area contributed by atoms with Crippen molar-refractivity contribution in [2.24, 2.45) is 5.41 Å². The van der Waals surface area contributed by atoms with E-state index in [0.717, 1.165) is 0 Å². The van der Waals surface area contributed by atoms with Gasteiger partial charge in [-0.15, -0.1) is 0 Å². The smallest absolute Gasteiger partial charge is 0.244 e. The molecule has 30 heavy (non-hydrogen) atoms. The van der Waals surface area contributed by atoms with E-state index in [-0.39, 0.29) is 10.9 Å². The number of aromatic nitrogens is 2. The van der Waals surface area contributed by atoms with Crippen LogP contribution in [0.15, 0.2) is 54.9 Å². The van der Waals surface area contributed by atoms with Gasteiger partial charge < -0.3 is 16.0 Å². The van der Waals surface area contributed by atoms with Gasteiger partial charge in [0.1, 0.15) is 29.2 Å². The number of nitrogens with zero attached hydrogens (tertiary/aromatic N) is 3. The zero-order valence-corrected chi connectivity index (χ0v) is 16.4. The number of hydrogen-bond donors (Lipinski definition) is 3. The summed E-state index contributed by atoms with van der Waals surface area (Å²) in [6.45, 7) is 0. The Bertz CT molecular complexity index is 1160. The highest BCUT2D eigenvalue weighted by Gasteiger charge is 2.50. The molecule has 3 N–H and O–H groups in total. The summed E-state index contributed by atoms with van der Waals surface area (Å²) in [5.41, 5.74) is 0.978. The predicted octanol–water partition coefficient (Wildman–Crippen LogP) is 5.00. The third-order valence-corrected chi connectivity index (χ3v) is 4.94. The number of carbonyl (C=O) groups excluding carboxylic acids is 1. The molecule has 3 aromatic rings. The van der Waals surface area contributed by atoms with Crippen LogP contribution in [-0.4, -0.2) is 15.9 Å². The van der Waals surface area contributed by atoms with Gasteiger partial charge in [0.05, 0.1) is 11.1 Å². The first-order valence-corrected chi connectivity index (χ1v) is 9.49. The first-order chi connectivity index (χ1) is 14.5. The van der Waals surface area contributed by atoms with Crippen molar-refractivity contribution in [3.63, 3.8) is 0 Å². The molecule has 0 saturated heterocycles. The molecule has 1 amide bonds. The summed E-state index contributed by atoms with van der Waals surface area (Å²) in [7, 11) is 0. The minimum atomic E-state index is -0.889. The van der Waals surface area contributed by atoms with Crippen LogP contribution in [0.4, 0.5) is 33.1 Å². The maximum absolute atomic E-state index is 13.3. The molecule has 0 radical (unpaired) electrons. The van der Waals surface area contributed by atoms with E-state index in [1.807, 2.05) is 6.07 Å². The van der Waals surface area contributed by atoms with Crippen molar-refractivity contribution in [1.82, 2.24) is 9.97 Å². The van der Waals surface area contributed by atoms with Crippen molar-refractivity contribution in [2.45, 2.75) is 12.8 Å². The van der Waals surface area contributed by atoms with Crippen LogP contribution in [0.3, 0.4) is 0 Å². The van der Waals surface area contributed by atoms with Crippen molar-refractivity contribution < 1.29 is 9.18 Å². The van der Waals surface area contributed by atoms with Gasteiger partial charge in [0.25, 0.3) is 0 Å². The minimum absolute atomic E-state index is 0.00985. The van der Waals surface area contributed by atoms with Crippen molar-refractivity contribution in [1.29, 1.82) is 5.26 Å². The van der Waals surface area contributed by atoms with Gasteiger partial charge in [-0.1, -0.05) is 17.7 Å². The molecule has 0 atom stereocenters. The lowest BCUT2D eigenvalue weighted by atomic mass is 10.1. The van der Waals surface area contributed by atoms with Crippen LogP contribution >= 0.6 is 11.6 Å². The summed E-state index contributed by atoms with van der Waals surface area (Å²) in [6, 6.07) is 15.1. The maximum atomic E-state index is 13.3. The predicted molar refractivity (Wildman–Crippen MR) is 112 cm³/mol. The zero-order chi connectivity index (χ0) is 21.1. The molecule has 1 saturated carbocycles. The standard InChI is InChI=1S/C21H16ClFN6O/c22-16-9-15(4-5-17(16)23)28-19-10-18(25-12-26-19)27-13-2-1-3-14(8-13)29-20(30)21(11-24)6-7-21/h1-5,8-10,12H,6-7H2,(H,29,30)(H2,25,26,27,28). The second-order valence-electron chi connectivity index (χ2n) is 6.90. The number of rotatable bonds is 6. The Morgan fingerprint density at radius 3 is 2.33 bits per heavy atom. The molecule has 0 spiro atoms. The number of benzene rings is 2. The normalized spacial score (nSPS) is 13.8. The monoisotopic (exact) mass is 422 g/mol. The van der Waals surface area contributed by atoms with E-state index in [0.29, 0.717) is 41.5 Å². The van der Waals surface area contributed by atoms with E-state index in [9.17, 15) is 9.18 Å². The largest absolute Gasteiger partial charge is 0.340 e. The highest BCUT2D eigenvalue weighted by Crippen LogP contribution is 2.45. The average Bonchev–Trinajstić information content (AvgIpc) is 3.53. The van der Waals surface area contributed by atoms with Gasteiger partial charge in [0, 0.05) is 23.1 Å². The molecule has 0 bridgehead atoms. The van der Waals surface area contributed by atoms with E-state index in [1.165, 1.54) is 18.5 Å². The number of anilines is 5. The summed E-state index contributed by atoms with van der Waals surface area (Å²) in [5.74, 6) is 0.222. The van der Waals surface area contributed by atoms with Crippen LogP contribution in [0.1, 0.15) is 12.8 Å². The lowest BCUT2D eigenvalue weighted by Gasteiger charge is -2.11. The molecular formula is C21H16ClFN6O. The van der Waals surface area contributed by atoms with Crippen molar-refractivity contribution >= 4 is 46.2 Å². The Morgan fingerprint density at radius 1 is 1.03 bits per heavy atom.